The van der Waals surface area contributed by atoms with Crippen molar-refractivity contribution < 1.29 is 4.74 Å². The van der Waals surface area contributed by atoms with Crippen LogP contribution in [-0.2, 0) is 4.74 Å². The Bertz CT molecular complexity index is 149. The maximum atomic E-state index is 5.66. The van der Waals surface area contributed by atoms with E-state index in [2.05, 4.69) is 26.1 Å². The van der Waals surface area contributed by atoms with Crippen LogP contribution in [0.4, 0.5) is 0 Å². The monoisotopic (exact) mass is 199 g/mol. The van der Waals surface area contributed by atoms with E-state index in [1.165, 1.54) is 25.7 Å². The standard InChI is InChI=1S/C12H25NO/c1-4-6-10(3)13-11-7-8-14-12(5-2)9-11/h10-13H,4-9H2,1-3H3. The molecule has 3 atom stereocenters. The van der Waals surface area contributed by atoms with Crippen LogP contribution in [0.15, 0.2) is 0 Å². The summed E-state index contributed by atoms with van der Waals surface area (Å²) in [6, 6.07) is 1.36. The van der Waals surface area contributed by atoms with Gasteiger partial charge in [0.15, 0.2) is 0 Å². The van der Waals surface area contributed by atoms with E-state index < -0.39 is 0 Å². The molecule has 1 saturated heterocycles. The molecule has 1 N–H and O–H groups in total. The van der Waals surface area contributed by atoms with Crippen molar-refractivity contribution in [3.05, 3.63) is 0 Å². The van der Waals surface area contributed by atoms with Gasteiger partial charge in [-0.25, -0.2) is 0 Å². The zero-order valence-electron chi connectivity index (χ0n) is 9.88. The lowest BCUT2D eigenvalue weighted by Crippen LogP contribution is -2.42. The van der Waals surface area contributed by atoms with Crippen molar-refractivity contribution in [2.24, 2.45) is 0 Å². The number of hydrogen-bond donors (Lipinski definition) is 1. The van der Waals surface area contributed by atoms with E-state index in [4.69, 9.17) is 4.74 Å². The zero-order chi connectivity index (χ0) is 10.4. The molecule has 1 fully saturated rings. The molecule has 0 aromatic rings. The first-order valence-electron chi connectivity index (χ1n) is 6.13. The molecule has 2 nitrogen and oxygen atoms in total. The van der Waals surface area contributed by atoms with Crippen LogP contribution in [0.1, 0.15) is 52.9 Å². The fourth-order valence-electron chi connectivity index (χ4n) is 2.23. The van der Waals surface area contributed by atoms with Gasteiger partial charge >= 0.3 is 0 Å². The van der Waals surface area contributed by atoms with Gasteiger partial charge in [0.05, 0.1) is 6.10 Å². The van der Waals surface area contributed by atoms with Crippen LogP contribution in [0.2, 0.25) is 0 Å². The van der Waals surface area contributed by atoms with Crippen LogP contribution < -0.4 is 5.32 Å². The highest BCUT2D eigenvalue weighted by atomic mass is 16.5. The van der Waals surface area contributed by atoms with E-state index >= 15 is 0 Å². The number of rotatable bonds is 5. The number of nitrogens with one attached hydrogen (secondary N) is 1. The van der Waals surface area contributed by atoms with Crippen molar-refractivity contribution in [3.8, 4) is 0 Å². The van der Waals surface area contributed by atoms with Crippen LogP contribution in [0.25, 0.3) is 0 Å². The molecule has 1 aliphatic rings. The summed E-state index contributed by atoms with van der Waals surface area (Å²) in [7, 11) is 0. The first-order chi connectivity index (χ1) is 6.76. The van der Waals surface area contributed by atoms with Gasteiger partial charge < -0.3 is 10.1 Å². The maximum absolute atomic E-state index is 5.66. The van der Waals surface area contributed by atoms with Gasteiger partial charge in [0, 0.05) is 18.7 Å². The van der Waals surface area contributed by atoms with Crippen molar-refractivity contribution >= 4 is 0 Å². The summed E-state index contributed by atoms with van der Waals surface area (Å²) in [5.41, 5.74) is 0. The molecule has 0 aliphatic carbocycles. The summed E-state index contributed by atoms with van der Waals surface area (Å²) < 4.78 is 5.66. The van der Waals surface area contributed by atoms with Gasteiger partial charge in [-0.2, -0.15) is 0 Å². The summed E-state index contributed by atoms with van der Waals surface area (Å²) in [5.74, 6) is 0. The molecule has 1 rings (SSSR count). The highest BCUT2D eigenvalue weighted by Gasteiger charge is 2.21. The van der Waals surface area contributed by atoms with E-state index in [1.54, 1.807) is 0 Å². The molecule has 0 radical (unpaired) electrons. The lowest BCUT2D eigenvalue weighted by molar-refractivity contribution is -0.00175. The molecule has 3 unspecified atom stereocenters. The third kappa shape index (κ3) is 3.97. The average Bonchev–Trinajstić information content (AvgIpc) is 2.18. The van der Waals surface area contributed by atoms with Gasteiger partial charge in [-0.3, -0.25) is 0 Å². The molecule has 2 heteroatoms. The first-order valence-corrected chi connectivity index (χ1v) is 6.13. The highest BCUT2D eigenvalue weighted by molar-refractivity contribution is 4.78. The Morgan fingerprint density at radius 1 is 1.43 bits per heavy atom. The van der Waals surface area contributed by atoms with Crippen LogP contribution >= 0.6 is 0 Å². The molecule has 0 spiro atoms. The minimum Gasteiger partial charge on any atom is -0.378 e. The molecule has 0 bridgehead atoms. The summed E-state index contributed by atoms with van der Waals surface area (Å²) >= 11 is 0. The zero-order valence-corrected chi connectivity index (χ0v) is 9.88. The SMILES string of the molecule is CCCC(C)NC1CCOC(CC)C1. The van der Waals surface area contributed by atoms with Crippen molar-refractivity contribution in [2.45, 2.75) is 71.1 Å². The van der Waals surface area contributed by atoms with E-state index in [9.17, 15) is 0 Å². The topological polar surface area (TPSA) is 21.3 Å². The van der Waals surface area contributed by atoms with Crippen molar-refractivity contribution in [2.75, 3.05) is 6.61 Å². The molecular formula is C12H25NO. The first kappa shape index (κ1) is 12.0. The summed E-state index contributed by atoms with van der Waals surface area (Å²) in [5, 5.41) is 3.70. The van der Waals surface area contributed by atoms with Crippen molar-refractivity contribution in [1.29, 1.82) is 0 Å². The largest absolute Gasteiger partial charge is 0.378 e. The van der Waals surface area contributed by atoms with Crippen LogP contribution in [0.5, 0.6) is 0 Å². The second kappa shape index (κ2) is 6.41. The predicted octanol–water partition coefficient (Wildman–Crippen LogP) is 2.72. The molecule has 0 saturated carbocycles. The lowest BCUT2D eigenvalue weighted by Gasteiger charge is -2.31. The van der Waals surface area contributed by atoms with Gasteiger partial charge in [0.1, 0.15) is 0 Å². The highest BCUT2D eigenvalue weighted by Crippen LogP contribution is 2.17. The Balaban J connectivity index is 2.22. The predicted molar refractivity (Wildman–Crippen MR) is 60.6 cm³/mol. The summed E-state index contributed by atoms with van der Waals surface area (Å²) in [4.78, 5) is 0. The molecule has 84 valence electrons. The molecule has 0 amide bonds. The van der Waals surface area contributed by atoms with Crippen molar-refractivity contribution in [3.63, 3.8) is 0 Å². The Morgan fingerprint density at radius 3 is 2.86 bits per heavy atom. The number of ether oxygens (including phenoxy) is 1. The maximum Gasteiger partial charge on any atom is 0.0587 e. The average molecular weight is 199 g/mol. The minimum absolute atomic E-state index is 0.495. The third-order valence-corrected chi connectivity index (χ3v) is 3.06. The van der Waals surface area contributed by atoms with Crippen LogP contribution in [0, 0.1) is 0 Å². The van der Waals surface area contributed by atoms with Gasteiger partial charge in [0.25, 0.3) is 0 Å². The van der Waals surface area contributed by atoms with Gasteiger partial charge in [-0.15, -0.1) is 0 Å². The Labute approximate surface area is 88.4 Å². The van der Waals surface area contributed by atoms with Gasteiger partial charge in [-0.05, 0) is 32.6 Å². The Kier molecular flexibility index (Phi) is 5.49. The van der Waals surface area contributed by atoms with Crippen LogP contribution in [0.3, 0.4) is 0 Å². The Hall–Kier alpha value is -0.0800. The quantitative estimate of drug-likeness (QED) is 0.735. The molecule has 1 heterocycles. The second-order valence-electron chi connectivity index (χ2n) is 4.48. The van der Waals surface area contributed by atoms with E-state index in [-0.39, 0.29) is 0 Å². The second-order valence-corrected chi connectivity index (χ2v) is 4.48. The molecular weight excluding hydrogens is 174 g/mol. The summed E-state index contributed by atoms with van der Waals surface area (Å²) in [6.45, 7) is 7.69. The lowest BCUT2D eigenvalue weighted by atomic mass is 10.0. The third-order valence-electron chi connectivity index (χ3n) is 3.06. The molecule has 1 aliphatic heterocycles. The normalized spacial score (nSPS) is 30.2. The van der Waals surface area contributed by atoms with E-state index in [0.717, 1.165) is 13.0 Å². The minimum atomic E-state index is 0.495. The summed E-state index contributed by atoms with van der Waals surface area (Å²) in [6.07, 6.45) is 6.59. The molecule has 14 heavy (non-hydrogen) atoms. The smallest absolute Gasteiger partial charge is 0.0587 e. The fraction of sp³-hybridized carbons (Fsp3) is 1.00. The number of hydrogen-bond acceptors (Lipinski definition) is 2. The Morgan fingerprint density at radius 2 is 2.21 bits per heavy atom. The van der Waals surface area contributed by atoms with Crippen LogP contribution in [-0.4, -0.2) is 24.8 Å². The van der Waals surface area contributed by atoms with Crippen molar-refractivity contribution in [1.82, 2.24) is 5.32 Å². The van der Waals surface area contributed by atoms with E-state index in [0.29, 0.717) is 18.2 Å². The van der Waals surface area contributed by atoms with E-state index in [1.807, 2.05) is 0 Å². The van der Waals surface area contributed by atoms with Gasteiger partial charge in [-0.1, -0.05) is 20.3 Å². The molecule has 0 aromatic heterocycles. The van der Waals surface area contributed by atoms with Gasteiger partial charge in [0.2, 0.25) is 0 Å². The fourth-order valence-corrected chi connectivity index (χ4v) is 2.23. The molecule has 0 aromatic carbocycles.